The molecule has 27 heavy (non-hydrogen) atoms. The van der Waals surface area contributed by atoms with Gasteiger partial charge in [-0.2, -0.15) is 4.98 Å². The standard InChI is InChI=1S/C20H26N4O3/c1-26-14-13-24-15-20(8-7-17(24)25)9-11-23(12-10-20)19-21-18(22-27-19)16-5-3-2-4-6-16/h2-6H,7-15H2,1H3. The number of rotatable bonds is 5. The van der Waals surface area contributed by atoms with Gasteiger partial charge in [-0.25, -0.2) is 0 Å². The van der Waals surface area contributed by atoms with Gasteiger partial charge in [-0.05, 0) is 24.7 Å². The predicted octanol–water partition coefficient (Wildman–Crippen LogP) is 2.59. The average molecular weight is 370 g/mol. The van der Waals surface area contributed by atoms with Crippen molar-refractivity contribution in [3.63, 3.8) is 0 Å². The van der Waals surface area contributed by atoms with E-state index in [0.29, 0.717) is 31.4 Å². The Morgan fingerprint density at radius 2 is 1.96 bits per heavy atom. The lowest BCUT2D eigenvalue weighted by Crippen LogP contribution is -2.52. The number of hydrogen-bond donors (Lipinski definition) is 0. The molecule has 0 atom stereocenters. The van der Waals surface area contributed by atoms with Crippen LogP contribution in [0.2, 0.25) is 0 Å². The number of piperidine rings is 2. The van der Waals surface area contributed by atoms with Crippen LogP contribution in [0, 0.1) is 5.41 Å². The molecule has 1 aromatic heterocycles. The molecule has 0 aliphatic carbocycles. The van der Waals surface area contributed by atoms with Crippen LogP contribution < -0.4 is 4.90 Å². The molecule has 1 amide bonds. The van der Waals surface area contributed by atoms with Gasteiger partial charge in [0, 0.05) is 45.3 Å². The van der Waals surface area contributed by atoms with Gasteiger partial charge in [0.2, 0.25) is 11.7 Å². The van der Waals surface area contributed by atoms with Gasteiger partial charge in [-0.15, -0.1) is 0 Å². The summed E-state index contributed by atoms with van der Waals surface area (Å²) in [6, 6.07) is 10.5. The van der Waals surface area contributed by atoms with Crippen molar-refractivity contribution in [1.82, 2.24) is 15.0 Å². The topological polar surface area (TPSA) is 71.7 Å². The molecule has 0 radical (unpaired) electrons. The van der Waals surface area contributed by atoms with Crippen LogP contribution in [0.3, 0.4) is 0 Å². The zero-order chi connectivity index (χ0) is 18.7. The molecular weight excluding hydrogens is 344 g/mol. The zero-order valence-corrected chi connectivity index (χ0v) is 15.8. The van der Waals surface area contributed by atoms with Crippen LogP contribution >= 0.6 is 0 Å². The fraction of sp³-hybridized carbons (Fsp3) is 0.550. The highest BCUT2D eigenvalue weighted by Gasteiger charge is 2.41. The molecule has 1 spiro atoms. The molecule has 2 fully saturated rings. The maximum Gasteiger partial charge on any atom is 0.324 e. The minimum absolute atomic E-state index is 0.209. The van der Waals surface area contributed by atoms with Crippen LogP contribution in [0.5, 0.6) is 0 Å². The van der Waals surface area contributed by atoms with Crippen LogP contribution in [0.4, 0.5) is 6.01 Å². The van der Waals surface area contributed by atoms with E-state index in [-0.39, 0.29) is 11.3 Å². The summed E-state index contributed by atoms with van der Waals surface area (Å²) in [7, 11) is 1.68. The lowest BCUT2D eigenvalue weighted by atomic mass is 9.72. The van der Waals surface area contributed by atoms with Gasteiger partial charge < -0.3 is 19.1 Å². The third kappa shape index (κ3) is 3.83. The number of aromatic nitrogens is 2. The number of anilines is 1. The van der Waals surface area contributed by atoms with Crippen LogP contribution in [0.15, 0.2) is 34.9 Å². The predicted molar refractivity (Wildman–Crippen MR) is 101 cm³/mol. The van der Waals surface area contributed by atoms with E-state index in [1.54, 1.807) is 7.11 Å². The Morgan fingerprint density at radius 3 is 2.70 bits per heavy atom. The van der Waals surface area contributed by atoms with Gasteiger partial charge in [0.15, 0.2) is 0 Å². The van der Waals surface area contributed by atoms with Crippen molar-refractivity contribution in [3.8, 4) is 11.4 Å². The number of benzene rings is 1. The monoisotopic (exact) mass is 370 g/mol. The zero-order valence-electron chi connectivity index (χ0n) is 15.8. The van der Waals surface area contributed by atoms with E-state index < -0.39 is 0 Å². The van der Waals surface area contributed by atoms with Gasteiger partial charge in [0.05, 0.1) is 6.61 Å². The minimum atomic E-state index is 0.209. The summed E-state index contributed by atoms with van der Waals surface area (Å²) < 4.78 is 10.7. The quantitative estimate of drug-likeness (QED) is 0.806. The molecule has 2 aliphatic rings. The van der Waals surface area contributed by atoms with Crippen LogP contribution in [-0.4, -0.2) is 60.8 Å². The molecule has 0 unspecified atom stereocenters. The maximum atomic E-state index is 12.2. The van der Waals surface area contributed by atoms with Gasteiger partial charge in [0.1, 0.15) is 0 Å². The van der Waals surface area contributed by atoms with E-state index in [1.807, 2.05) is 35.2 Å². The lowest BCUT2D eigenvalue weighted by molar-refractivity contribution is -0.139. The van der Waals surface area contributed by atoms with Crippen LogP contribution in [0.25, 0.3) is 11.4 Å². The van der Waals surface area contributed by atoms with E-state index in [2.05, 4.69) is 15.0 Å². The van der Waals surface area contributed by atoms with E-state index in [0.717, 1.165) is 44.5 Å². The van der Waals surface area contributed by atoms with E-state index in [1.165, 1.54) is 0 Å². The van der Waals surface area contributed by atoms with Crippen molar-refractivity contribution >= 4 is 11.9 Å². The summed E-state index contributed by atoms with van der Waals surface area (Å²) in [5.74, 6) is 0.879. The van der Waals surface area contributed by atoms with Crippen molar-refractivity contribution in [2.24, 2.45) is 5.41 Å². The second-order valence-electron chi connectivity index (χ2n) is 7.56. The Bertz CT molecular complexity index is 769. The molecule has 2 aliphatic heterocycles. The highest BCUT2D eigenvalue weighted by Crippen LogP contribution is 2.41. The first-order valence-electron chi connectivity index (χ1n) is 9.60. The Balaban J connectivity index is 1.39. The number of carbonyl (C=O) groups is 1. The molecule has 0 bridgehead atoms. The number of hydrogen-bond acceptors (Lipinski definition) is 6. The second-order valence-corrected chi connectivity index (χ2v) is 7.56. The number of likely N-dealkylation sites (tertiary alicyclic amines) is 1. The largest absolute Gasteiger partial charge is 0.383 e. The van der Waals surface area contributed by atoms with Crippen molar-refractivity contribution in [2.75, 3.05) is 44.8 Å². The molecule has 2 aromatic rings. The highest BCUT2D eigenvalue weighted by molar-refractivity contribution is 5.77. The Labute approximate surface area is 159 Å². The van der Waals surface area contributed by atoms with Crippen molar-refractivity contribution in [3.05, 3.63) is 30.3 Å². The first-order chi connectivity index (χ1) is 13.2. The summed E-state index contributed by atoms with van der Waals surface area (Å²) in [6.07, 6.45) is 3.68. The summed E-state index contributed by atoms with van der Waals surface area (Å²) >= 11 is 0. The lowest BCUT2D eigenvalue weighted by Gasteiger charge is -2.47. The van der Waals surface area contributed by atoms with Gasteiger partial charge in [0.25, 0.3) is 0 Å². The van der Waals surface area contributed by atoms with Crippen molar-refractivity contribution in [2.45, 2.75) is 25.7 Å². The van der Waals surface area contributed by atoms with Crippen LogP contribution in [-0.2, 0) is 9.53 Å². The SMILES string of the molecule is COCCN1CC2(CCC1=O)CCN(c1nc(-c3ccccc3)no1)CC2. The van der Waals surface area contributed by atoms with Crippen molar-refractivity contribution in [1.29, 1.82) is 0 Å². The second kappa shape index (κ2) is 7.68. The maximum absolute atomic E-state index is 12.2. The molecule has 4 rings (SSSR count). The number of nitrogens with zero attached hydrogens (tertiary/aromatic N) is 4. The van der Waals surface area contributed by atoms with E-state index in [4.69, 9.17) is 9.26 Å². The fourth-order valence-corrected chi connectivity index (χ4v) is 4.14. The Hall–Kier alpha value is -2.41. The molecule has 7 heteroatoms. The third-order valence-corrected chi connectivity index (χ3v) is 5.86. The smallest absolute Gasteiger partial charge is 0.324 e. The molecule has 0 saturated carbocycles. The number of ether oxygens (including phenoxy) is 1. The molecule has 2 saturated heterocycles. The molecule has 3 heterocycles. The third-order valence-electron chi connectivity index (χ3n) is 5.86. The molecule has 144 valence electrons. The molecular formula is C20H26N4O3. The van der Waals surface area contributed by atoms with E-state index in [9.17, 15) is 4.79 Å². The molecule has 1 aromatic carbocycles. The first kappa shape index (κ1) is 18.0. The number of methoxy groups -OCH3 is 1. The summed E-state index contributed by atoms with van der Waals surface area (Å²) in [5.41, 5.74) is 1.17. The van der Waals surface area contributed by atoms with Crippen molar-refractivity contribution < 1.29 is 14.1 Å². The van der Waals surface area contributed by atoms with Gasteiger partial charge in [-0.1, -0.05) is 35.5 Å². The average Bonchev–Trinajstić information content (AvgIpc) is 3.20. The molecule has 7 nitrogen and oxygen atoms in total. The highest BCUT2D eigenvalue weighted by atomic mass is 16.5. The van der Waals surface area contributed by atoms with Gasteiger partial charge in [-0.3, -0.25) is 4.79 Å². The minimum Gasteiger partial charge on any atom is -0.383 e. The number of carbonyl (C=O) groups excluding carboxylic acids is 1. The van der Waals surface area contributed by atoms with Crippen LogP contribution in [0.1, 0.15) is 25.7 Å². The van der Waals surface area contributed by atoms with Gasteiger partial charge >= 0.3 is 6.01 Å². The Morgan fingerprint density at radius 1 is 1.19 bits per heavy atom. The Kier molecular flexibility index (Phi) is 5.11. The molecule has 0 N–H and O–H groups in total. The van der Waals surface area contributed by atoms with E-state index >= 15 is 0 Å². The fourth-order valence-electron chi connectivity index (χ4n) is 4.14. The number of amides is 1. The summed E-state index contributed by atoms with van der Waals surface area (Å²) in [4.78, 5) is 20.9. The first-order valence-corrected chi connectivity index (χ1v) is 9.60. The summed E-state index contributed by atoms with van der Waals surface area (Å²) in [5, 5.41) is 4.13. The normalized spacial score (nSPS) is 19.7. The summed E-state index contributed by atoms with van der Waals surface area (Å²) in [6.45, 7) is 3.87.